The molecular formula is C14H16N2O3S. The van der Waals surface area contributed by atoms with E-state index in [2.05, 4.69) is 4.98 Å². The molecule has 2 aromatic rings. The Morgan fingerprint density at radius 2 is 2.15 bits per heavy atom. The summed E-state index contributed by atoms with van der Waals surface area (Å²) in [7, 11) is -3.58. The molecule has 1 aromatic heterocycles. The molecule has 6 heteroatoms. The van der Waals surface area contributed by atoms with Crippen LogP contribution in [0.4, 0.5) is 0 Å². The molecule has 0 amide bonds. The highest BCUT2D eigenvalue weighted by atomic mass is 32.2. The van der Waals surface area contributed by atoms with E-state index in [-0.39, 0.29) is 11.4 Å². The summed E-state index contributed by atoms with van der Waals surface area (Å²) in [5.74, 6) is 0. The van der Waals surface area contributed by atoms with E-state index in [4.69, 9.17) is 0 Å². The van der Waals surface area contributed by atoms with E-state index >= 15 is 0 Å². The number of nitrogens with zero attached hydrogens (tertiary/aromatic N) is 2. The number of hydrogen-bond acceptors (Lipinski definition) is 4. The molecular weight excluding hydrogens is 276 g/mol. The molecule has 2 heterocycles. The average molecular weight is 292 g/mol. The van der Waals surface area contributed by atoms with Crippen LogP contribution in [-0.2, 0) is 10.0 Å². The van der Waals surface area contributed by atoms with Crippen LogP contribution in [0.25, 0.3) is 10.9 Å². The van der Waals surface area contributed by atoms with Gasteiger partial charge in [0.1, 0.15) is 0 Å². The van der Waals surface area contributed by atoms with Gasteiger partial charge in [0.25, 0.3) is 0 Å². The zero-order chi connectivity index (χ0) is 14.3. The standard InChI is InChI=1S/C14H16N2O3S/c1-10-4-5-13(12-3-2-7-15-14(10)12)20(18,19)16-8-6-11(17)9-16/h2-5,7,11,17H,6,8-9H2,1H3/t11-/m1/s1. The summed E-state index contributed by atoms with van der Waals surface area (Å²) in [5, 5.41) is 10.2. The predicted octanol–water partition coefficient (Wildman–Crippen LogP) is 1.30. The van der Waals surface area contributed by atoms with Crippen molar-refractivity contribution in [3.63, 3.8) is 0 Å². The van der Waals surface area contributed by atoms with Crippen molar-refractivity contribution in [3.8, 4) is 0 Å². The Labute approximate surface area is 117 Å². The molecule has 1 atom stereocenters. The number of β-amino-alcohol motifs (C(OH)–C–C–N with tert-alkyl or cyclic N) is 1. The maximum Gasteiger partial charge on any atom is 0.243 e. The van der Waals surface area contributed by atoms with Crippen LogP contribution in [0.3, 0.4) is 0 Å². The minimum atomic E-state index is -3.58. The lowest BCUT2D eigenvalue weighted by Crippen LogP contribution is -2.29. The lowest BCUT2D eigenvalue weighted by Gasteiger charge is -2.17. The molecule has 3 rings (SSSR count). The monoisotopic (exact) mass is 292 g/mol. The van der Waals surface area contributed by atoms with Crippen molar-refractivity contribution in [2.24, 2.45) is 0 Å². The molecule has 0 aliphatic carbocycles. The average Bonchev–Trinajstić information content (AvgIpc) is 2.87. The van der Waals surface area contributed by atoms with E-state index in [1.54, 1.807) is 30.5 Å². The minimum Gasteiger partial charge on any atom is -0.392 e. The molecule has 0 bridgehead atoms. The summed E-state index contributed by atoms with van der Waals surface area (Å²) in [6.07, 6.45) is 1.58. The molecule has 1 aliphatic rings. The molecule has 5 nitrogen and oxygen atoms in total. The zero-order valence-corrected chi connectivity index (χ0v) is 12.0. The van der Waals surface area contributed by atoms with Crippen LogP contribution in [0, 0.1) is 6.92 Å². The number of benzene rings is 1. The molecule has 1 aliphatic heterocycles. The maximum atomic E-state index is 12.7. The summed E-state index contributed by atoms with van der Waals surface area (Å²) in [4.78, 5) is 4.53. The van der Waals surface area contributed by atoms with Gasteiger partial charge in [0.15, 0.2) is 0 Å². The number of hydrogen-bond donors (Lipinski definition) is 1. The Hall–Kier alpha value is -1.50. The molecule has 1 saturated heterocycles. The SMILES string of the molecule is Cc1ccc(S(=O)(=O)N2CC[C@@H](O)C2)c2cccnc12. The summed E-state index contributed by atoms with van der Waals surface area (Å²) in [5.41, 5.74) is 1.65. The molecule has 1 N–H and O–H groups in total. The van der Waals surface area contributed by atoms with E-state index in [1.165, 1.54) is 4.31 Å². The van der Waals surface area contributed by atoms with Crippen molar-refractivity contribution in [1.29, 1.82) is 0 Å². The molecule has 0 unspecified atom stereocenters. The van der Waals surface area contributed by atoms with Crippen LogP contribution in [-0.4, -0.2) is 42.0 Å². The van der Waals surface area contributed by atoms with E-state index in [0.717, 1.165) is 5.56 Å². The predicted molar refractivity (Wildman–Crippen MR) is 75.9 cm³/mol. The van der Waals surface area contributed by atoms with Crippen LogP contribution >= 0.6 is 0 Å². The highest BCUT2D eigenvalue weighted by Crippen LogP contribution is 2.28. The highest BCUT2D eigenvalue weighted by molar-refractivity contribution is 7.89. The first-order valence-electron chi connectivity index (χ1n) is 6.53. The van der Waals surface area contributed by atoms with Crippen molar-refractivity contribution in [1.82, 2.24) is 9.29 Å². The Morgan fingerprint density at radius 3 is 2.85 bits per heavy atom. The number of pyridine rings is 1. The van der Waals surface area contributed by atoms with E-state index in [9.17, 15) is 13.5 Å². The lowest BCUT2D eigenvalue weighted by atomic mass is 10.1. The van der Waals surface area contributed by atoms with Gasteiger partial charge in [0, 0.05) is 24.7 Å². The van der Waals surface area contributed by atoms with Gasteiger partial charge in [-0.3, -0.25) is 4.98 Å². The minimum absolute atomic E-state index is 0.165. The number of aliphatic hydroxyl groups excluding tert-OH is 1. The third-order valence-electron chi connectivity index (χ3n) is 3.68. The smallest absolute Gasteiger partial charge is 0.243 e. The molecule has 0 radical (unpaired) electrons. The lowest BCUT2D eigenvalue weighted by molar-refractivity contribution is 0.189. The Balaban J connectivity index is 2.17. The number of fused-ring (bicyclic) bond motifs is 1. The topological polar surface area (TPSA) is 70.5 Å². The van der Waals surface area contributed by atoms with Crippen LogP contribution in [0.15, 0.2) is 35.4 Å². The highest BCUT2D eigenvalue weighted by Gasteiger charge is 2.32. The Kier molecular flexibility index (Phi) is 3.24. The van der Waals surface area contributed by atoms with Gasteiger partial charge in [-0.2, -0.15) is 4.31 Å². The van der Waals surface area contributed by atoms with Crippen LogP contribution < -0.4 is 0 Å². The zero-order valence-electron chi connectivity index (χ0n) is 11.2. The molecule has 106 valence electrons. The van der Waals surface area contributed by atoms with Gasteiger partial charge in [-0.05, 0) is 37.1 Å². The number of aryl methyl sites for hydroxylation is 1. The number of aliphatic hydroxyl groups is 1. The second kappa shape index (κ2) is 4.80. The van der Waals surface area contributed by atoms with Crippen molar-refractivity contribution in [2.75, 3.05) is 13.1 Å². The summed E-state index contributed by atoms with van der Waals surface area (Å²) >= 11 is 0. The Morgan fingerprint density at radius 1 is 1.35 bits per heavy atom. The second-order valence-electron chi connectivity index (χ2n) is 5.09. The quantitative estimate of drug-likeness (QED) is 0.905. The molecule has 20 heavy (non-hydrogen) atoms. The molecule has 0 spiro atoms. The molecule has 1 aromatic carbocycles. The second-order valence-corrected chi connectivity index (χ2v) is 6.99. The fourth-order valence-electron chi connectivity index (χ4n) is 2.58. The third kappa shape index (κ3) is 2.09. The third-order valence-corrected chi connectivity index (χ3v) is 5.60. The summed E-state index contributed by atoms with van der Waals surface area (Å²) in [6.45, 7) is 2.43. The van der Waals surface area contributed by atoms with Gasteiger partial charge in [-0.25, -0.2) is 8.42 Å². The summed E-state index contributed by atoms with van der Waals surface area (Å²) in [6, 6.07) is 6.91. The van der Waals surface area contributed by atoms with Crippen LogP contribution in [0.1, 0.15) is 12.0 Å². The first-order chi connectivity index (χ1) is 9.50. The van der Waals surface area contributed by atoms with Crippen LogP contribution in [0.5, 0.6) is 0 Å². The van der Waals surface area contributed by atoms with Crippen molar-refractivity contribution >= 4 is 20.9 Å². The van der Waals surface area contributed by atoms with Crippen LogP contribution in [0.2, 0.25) is 0 Å². The van der Waals surface area contributed by atoms with Gasteiger partial charge >= 0.3 is 0 Å². The summed E-state index contributed by atoms with van der Waals surface area (Å²) < 4.78 is 26.7. The van der Waals surface area contributed by atoms with E-state index in [0.29, 0.717) is 23.9 Å². The van der Waals surface area contributed by atoms with E-state index in [1.807, 2.05) is 6.92 Å². The van der Waals surface area contributed by atoms with Gasteiger partial charge in [-0.1, -0.05) is 6.07 Å². The first kappa shape index (κ1) is 13.5. The first-order valence-corrected chi connectivity index (χ1v) is 7.97. The van der Waals surface area contributed by atoms with Crippen molar-refractivity contribution in [2.45, 2.75) is 24.3 Å². The molecule has 0 saturated carbocycles. The fraction of sp³-hybridized carbons (Fsp3) is 0.357. The normalized spacial score (nSPS) is 20.6. The largest absolute Gasteiger partial charge is 0.392 e. The molecule has 1 fully saturated rings. The Bertz CT molecular complexity index is 758. The number of rotatable bonds is 2. The number of sulfonamides is 1. The van der Waals surface area contributed by atoms with Crippen molar-refractivity contribution < 1.29 is 13.5 Å². The van der Waals surface area contributed by atoms with Gasteiger partial charge in [0.05, 0.1) is 16.5 Å². The van der Waals surface area contributed by atoms with Gasteiger partial charge in [-0.15, -0.1) is 0 Å². The number of aromatic nitrogens is 1. The van der Waals surface area contributed by atoms with E-state index < -0.39 is 16.1 Å². The fourth-order valence-corrected chi connectivity index (χ4v) is 4.26. The van der Waals surface area contributed by atoms with Gasteiger partial charge in [0.2, 0.25) is 10.0 Å². The van der Waals surface area contributed by atoms with Crippen molar-refractivity contribution in [3.05, 3.63) is 36.0 Å². The van der Waals surface area contributed by atoms with Gasteiger partial charge < -0.3 is 5.11 Å². The maximum absolute atomic E-state index is 12.7.